The Morgan fingerprint density at radius 1 is 0.556 bits per heavy atom. The van der Waals surface area contributed by atoms with Gasteiger partial charge in [0, 0.05) is 13.0 Å². The van der Waals surface area contributed by atoms with Crippen LogP contribution in [0.1, 0.15) is 142 Å². The lowest BCUT2D eigenvalue weighted by molar-refractivity contribution is -0.118. The molecule has 0 aromatic rings. The number of unbranched alkanes of at least 4 members (excludes halogenated alkanes) is 17. The van der Waals surface area contributed by atoms with Gasteiger partial charge in [0.05, 0.1) is 0 Å². The molecule has 0 spiro atoms. The minimum absolute atomic E-state index is 0.182. The molecular weight excluding hydrogens is 334 g/mol. The van der Waals surface area contributed by atoms with Crippen LogP contribution in [0.3, 0.4) is 0 Å². The van der Waals surface area contributed by atoms with E-state index in [9.17, 15) is 4.79 Å². The molecule has 0 saturated heterocycles. The molecule has 0 fully saturated rings. The maximum atomic E-state index is 10.1. The number of hydrogen-bond donors (Lipinski definition) is 2. The van der Waals surface area contributed by atoms with Crippen LogP contribution in [0.2, 0.25) is 0 Å². The highest BCUT2D eigenvalue weighted by atomic mass is 16.2. The van der Waals surface area contributed by atoms with Crippen LogP contribution in [0.5, 0.6) is 0 Å². The van der Waals surface area contributed by atoms with Crippen LogP contribution in [-0.4, -0.2) is 17.6 Å². The molecule has 0 aliphatic carbocycles. The molecule has 0 aliphatic heterocycles. The number of rotatable bonds is 20. The SMILES string of the molecule is CCCCCC(N)=O.CCCCCCCCCCCCCCCCCCO. The number of hydrogen-bond acceptors (Lipinski definition) is 2. The van der Waals surface area contributed by atoms with Crippen LogP contribution < -0.4 is 5.73 Å². The van der Waals surface area contributed by atoms with E-state index < -0.39 is 0 Å². The van der Waals surface area contributed by atoms with Gasteiger partial charge in [-0.3, -0.25) is 4.79 Å². The fraction of sp³-hybridized carbons (Fsp3) is 0.958. The molecule has 1 amide bonds. The second kappa shape index (κ2) is 27.6. The first kappa shape index (κ1) is 28.6. The molecule has 0 aromatic carbocycles. The highest BCUT2D eigenvalue weighted by Crippen LogP contribution is 2.13. The molecule has 0 aromatic heterocycles. The number of carbonyl (C=O) groups is 1. The Kier molecular flexibility index (Phi) is 29.3. The number of nitrogens with two attached hydrogens (primary N) is 1. The predicted octanol–water partition coefficient (Wildman–Crippen LogP) is 7.29. The first-order valence-corrected chi connectivity index (χ1v) is 12.1. The van der Waals surface area contributed by atoms with Gasteiger partial charge in [-0.2, -0.15) is 0 Å². The molecule has 27 heavy (non-hydrogen) atoms. The van der Waals surface area contributed by atoms with Gasteiger partial charge in [-0.05, 0) is 12.8 Å². The molecule has 0 bridgehead atoms. The fourth-order valence-corrected chi connectivity index (χ4v) is 3.21. The van der Waals surface area contributed by atoms with Gasteiger partial charge < -0.3 is 10.8 Å². The first-order valence-electron chi connectivity index (χ1n) is 12.1. The van der Waals surface area contributed by atoms with E-state index in [0.29, 0.717) is 13.0 Å². The number of primary amides is 1. The molecule has 164 valence electrons. The van der Waals surface area contributed by atoms with Crippen molar-refractivity contribution < 1.29 is 9.90 Å². The monoisotopic (exact) mass is 385 g/mol. The first-order chi connectivity index (χ1) is 13.2. The second-order valence-corrected chi connectivity index (χ2v) is 7.95. The minimum atomic E-state index is -0.182. The average Bonchev–Trinajstić information content (AvgIpc) is 2.65. The van der Waals surface area contributed by atoms with E-state index in [-0.39, 0.29) is 5.91 Å². The van der Waals surface area contributed by atoms with Crippen LogP contribution >= 0.6 is 0 Å². The largest absolute Gasteiger partial charge is 0.396 e. The normalized spacial score (nSPS) is 10.5. The van der Waals surface area contributed by atoms with Crippen molar-refractivity contribution in [2.24, 2.45) is 5.73 Å². The zero-order valence-corrected chi connectivity index (χ0v) is 18.8. The van der Waals surface area contributed by atoms with Crippen molar-refractivity contribution in [2.45, 2.75) is 142 Å². The van der Waals surface area contributed by atoms with E-state index in [1.807, 2.05) is 0 Å². The Morgan fingerprint density at radius 3 is 1.15 bits per heavy atom. The topological polar surface area (TPSA) is 63.3 Å². The second-order valence-electron chi connectivity index (χ2n) is 7.95. The summed E-state index contributed by atoms with van der Waals surface area (Å²) < 4.78 is 0. The average molecular weight is 386 g/mol. The van der Waals surface area contributed by atoms with Crippen molar-refractivity contribution in [1.82, 2.24) is 0 Å². The maximum Gasteiger partial charge on any atom is 0.217 e. The van der Waals surface area contributed by atoms with Crippen LogP contribution in [0, 0.1) is 0 Å². The molecule has 0 heterocycles. The van der Waals surface area contributed by atoms with Gasteiger partial charge in [-0.1, -0.05) is 123 Å². The van der Waals surface area contributed by atoms with Gasteiger partial charge in [0.25, 0.3) is 0 Å². The van der Waals surface area contributed by atoms with Crippen molar-refractivity contribution in [1.29, 1.82) is 0 Å². The summed E-state index contributed by atoms with van der Waals surface area (Å²) in [5, 5.41) is 8.67. The van der Waals surface area contributed by atoms with Crippen molar-refractivity contribution in [2.75, 3.05) is 6.61 Å². The maximum absolute atomic E-state index is 10.1. The summed E-state index contributed by atoms with van der Waals surface area (Å²) in [4.78, 5) is 10.1. The predicted molar refractivity (Wildman–Crippen MR) is 120 cm³/mol. The van der Waals surface area contributed by atoms with E-state index in [0.717, 1.165) is 25.7 Å². The third-order valence-electron chi connectivity index (χ3n) is 5.04. The van der Waals surface area contributed by atoms with Crippen molar-refractivity contribution in [3.8, 4) is 0 Å². The third-order valence-corrected chi connectivity index (χ3v) is 5.04. The van der Waals surface area contributed by atoms with E-state index >= 15 is 0 Å². The number of amides is 1. The fourth-order valence-electron chi connectivity index (χ4n) is 3.21. The molecule has 0 unspecified atom stereocenters. The summed E-state index contributed by atoms with van der Waals surface area (Å²) in [6.07, 6.45) is 25.9. The van der Waals surface area contributed by atoms with E-state index in [1.165, 1.54) is 96.3 Å². The molecule has 0 radical (unpaired) electrons. The molecule has 0 atom stereocenters. The Labute approximate surface area is 170 Å². The van der Waals surface area contributed by atoms with Crippen LogP contribution in [0.4, 0.5) is 0 Å². The Morgan fingerprint density at radius 2 is 0.852 bits per heavy atom. The number of carbonyl (C=O) groups excluding carboxylic acids is 1. The van der Waals surface area contributed by atoms with Crippen molar-refractivity contribution >= 4 is 5.91 Å². The van der Waals surface area contributed by atoms with Gasteiger partial charge in [0.2, 0.25) is 5.91 Å². The summed E-state index contributed by atoms with van der Waals surface area (Å²) in [6.45, 7) is 4.76. The van der Waals surface area contributed by atoms with Crippen LogP contribution in [0.25, 0.3) is 0 Å². The van der Waals surface area contributed by atoms with Crippen molar-refractivity contribution in [3.05, 3.63) is 0 Å². The van der Waals surface area contributed by atoms with Gasteiger partial charge in [0.1, 0.15) is 0 Å². The Bertz CT molecular complexity index is 253. The number of aliphatic hydroxyl groups excluding tert-OH is 1. The van der Waals surface area contributed by atoms with Gasteiger partial charge in [-0.25, -0.2) is 0 Å². The standard InChI is InChI=1S/C18H38O.C6H13NO/c1-2-3-4-5-6-7-8-9-10-11-12-13-14-15-16-17-18-19;1-2-3-4-5-6(7)8/h19H,2-18H2,1H3;2-5H2,1H3,(H2,7,8). The molecular formula is C24H51NO2. The quantitative estimate of drug-likeness (QED) is 0.216. The Balaban J connectivity index is 0. The lowest BCUT2D eigenvalue weighted by atomic mass is 10.0. The van der Waals surface area contributed by atoms with E-state index in [2.05, 4.69) is 13.8 Å². The van der Waals surface area contributed by atoms with Crippen molar-refractivity contribution in [3.63, 3.8) is 0 Å². The highest BCUT2D eigenvalue weighted by Gasteiger charge is 1.94. The van der Waals surface area contributed by atoms with Crippen LogP contribution in [-0.2, 0) is 4.79 Å². The van der Waals surface area contributed by atoms with E-state index in [4.69, 9.17) is 10.8 Å². The summed E-state index contributed by atoms with van der Waals surface area (Å²) >= 11 is 0. The lowest BCUT2D eigenvalue weighted by Gasteiger charge is -2.03. The highest BCUT2D eigenvalue weighted by molar-refractivity contribution is 5.73. The summed E-state index contributed by atoms with van der Waals surface area (Å²) in [7, 11) is 0. The van der Waals surface area contributed by atoms with Crippen LogP contribution in [0.15, 0.2) is 0 Å². The number of aliphatic hydroxyl groups is 1. The zero-order chi connectivity index (χ0) is 20.4. The summed E-state index contributed by atoms with van der Waals surface area (Å²) in [5.74, 6) is -0.182. The third kappa shape index (κ3) is 33.4. The zero-order valence-electron chi connectivity index (χ0n) is 18.8. The van der Waals surface area contributed by atoms with Gasteiger partial charge in [-0.15, -0.1) is 0 Å². The van der Waals surface area contributed by atoms with E-state index in [1.54, 1.807) is 0 Å². The Hall–Kier alpha value is -0.570. The molecule has 3 N–H and O–H groups in total. The molecule has 0 aliphatic rings. The van der Waals surface area contributed by atoms with Gasteiger partial charge in [0.15, 0.2) is 0 Å². The summed E-state index contributed by atoms with van der Waals surface area (Å²) in [5.41, 5.74) is 4.89. The lowest BCUT2D eigenvalue weighted by Crippen LogP contribution is -2.09. The summed E-state index contributed by atoms with van der Waals surface area (Å²) in [6, 6.07) is 0. The smallest absolute Gasteiger partial charge is 0.217 e. The van der Waals surface area contributed by atoms with Gasteiger partial charge >= 0.3 is 0 Å². The molecule has 3 nitrogen and oxygen atoms in total. The molecule has 0 rings (SSSR count). The minimum Gasteiger partial charge on any atom is -0.396 e. The molecule has 3 heteroatoms. The molecule has 0 saturated carbocycles.